The maximum absolute atomic E-state index is 13.2. The van der Waals surface area contributed by atoms with E-state index in [1.54, 1.807) is 6.92 Å². The lowest BCUT2D eigenvalue weighted by Gasteiger charge is -2.24. The van der Waals surface area contributed by atoms with Crippen molar-refractivity contribution < 1.29 is 4.39 Å². The summed E-state index contributed by atoms with van der Waals surface area (Å²) < 4.78 is 13.2. The molecule has 82 valence electrons. The van der Waals surface area contributed by atoms with Gasteiger partial charge in [-0.25, -0.2) is 4.39 Å². The summed E-state index contributed by atoms with van der Waals surface area (Å²) in [6.07, 6.45) is 3.52. The molecule has 1 aromatic carbocycles. The van der Waals surface area contributed by atoms with Gasteiger partial charge in [0.15, 0.2) is 0 Å². The summed E-state index contributed by atoms with van der Waals surface area (Å²) in [6.45, 7) is 1.57. The number of benzene rings is 1. The molecule has 0 spiro atoms. The van der Waals surface area contributed by atoms with Crippen molar-refractivity contribution in [3.8, 4) is 0 Å². The van der Waals surface area contributed by atoms with Crippen molar-refractivity contribution >= 4 is 0 Å². The van der Waals surface area contributed by atoms with Crippen LogP contribution in [0.2, 0.25) is 0 Å². The van der Waals surface area contributed by atoms with Crippen LogP contribution in [0.3, 0.4) is 0 Å². The van der Waals surface area contributed by atoms with Gasteiger partial charge in [-0.2, -0.15) is 0 Å². The van der Waals surface area contributed by atoms with Crippen molar-refractivity contribution in [2.75, 3.05) is 0 Å². The lowest BCUT2D eigenvalue weighted by atomic mass is 9.88. The lowest BCUT2D eigenvalue weighted by Crippen LogP contribution is -2.33. The van der Waals surface area contributed by atoms with E-state index in [2.05, 4.69) is 0 Å². The molecule has 0 bridgehead atoms. The van der Waals surface area contributed by atoms with Crippen LogP contribution in [-0.4, -0.2) is 0 Å². The number of nitrogens with two attached hydrogens (primary N) is 1. The molecule has 1 aromatic rings. The van der Waals surface area contributed by atoms with E-state index in [0.29, 0.717) is 0 Å². The summed E-state index contributed by atoms with van der Waals surface area (Å²) in [4.78, 5) is 0. The second-order valence-electron chi connectivity index (χ2n) is 4.60. The Morgan fingerprint density at radius 1 is 1.33 bits per heavy atom. The third-order valence-corrected chi connectivity index (χ3v) is 3.42. The van der Waals surface area contributed by atoms with Crippen molar-refractivity contribution in [3.05, 3.63) is 35.4 Å². The van der Waals surface area contributed by atoms with Crippen molar-refractivity contribution in [1.82, 2.24) is 0 Å². The van der Waals surface area contributed by atoms with Crippen LogP contribution in [0, 0.1) is 0 Å². The zero-order valence-corrected chi connectivity index (χ0v) is 9.17. The van der Waals surface area contributed by atoms with Crippen molar-refractivity contribution in [1.29, 1.82) is 0 Å². The van der Waals surface area contributed by atoms with Gasteiger partial charge in [-0.1, -0.05) is 37.1 Å². The SMILES string of the molecule is CC(F)c1cccc(C2(N)CCCC2)c1. The molecule has 0 radical (unpaired) electrons. The molecule has 15 heavy (non-hydrogen) atoms. The minimum absolute atomic E-state index is 0.203. The molecular weight excluding hydrogens is 189 g/mol. The van der Waals surface area contributed by atoms with Gasteiger partial charge in [-0.3, -0.25) is 0 Å². The number of alkyl halides is 1. The first-order valence-electron chi connectivity index (χ1n) is 5.65. The van der Waals surface area contributed by atoms with E-state index < -0.39 is 6.17 Å². The topological polar surface area (TPSA) is 26.0 Å². The van der Waals surface area contributed by atoms with Gasteiger partial charge in [0.25, 0.3) is 0 Å². The molecule has 0 saturated heterocycles. The standard InChI is InChI=1S/C13H18FN/c1-10(14)11-5-4-6-12(9-11)13(15)7-2-3-8-13/h4-6,9-10H,2-3,7-8,15H2,1H3. The van der Waals surface area contributed by atoms with Gasteiger partial charge >= 0.3 is 0 Å². The Balaban J connectivity index is 2.31. The van der Waals surface area contributed by atoms with Crippen LogP contribution in [0.15, 0.2) is 24.3 Å². The largest absolute Gasteiger partial charge is 0.321 e. The highest BCUT2D eigenvalue weighted by molar-refractivity contribution is 5.31. The average Bonchev–Trinajstić information content (AvgIpc) is 2.67. The minimum Gasteiger partial charge on any atom is -0.321 e. The summed E-state index contributed by atoms with van der Waals surface area (Å²) >= 11 is 0. The van der Waals surface area contributed by atoms with Crippen molar-refractivity contribution in [3.63, 3.8) is 0 Å². The highest BCUT2D eigenvalue weighted by atomic mass is 19.1. The van der Waals surface area contributed by atoms with E-state index in [0.717, 1.165) is 24.0 Å². The van der Waals surface area contributed by atoms with Crippen LogP contribution in [0.5, 0.6) is 0 Å². The molecule has 0 aromatic heterocycles. The molecule has 2 N–H and O–H groups in total. The van der Waals surface area contributed by atoms with Crippen molar-refractivity contribution in [2.45, 2.75) is 44.3 Å². The Morgan fingerprint density at radius 3 is 2.60 bits per heavy atom. The van der Waals surface area contributed by atoms with Crippen LogP contribution in [0.1, 0.15) is 49.9 Å². The van der Waals surface area contributed by atoms with E-state index in [1.165, 1.54) is 12.8 Å². The second-order valence-corrected chi connectivity index (χ2v) is 4.60. The predicted octanol–water partition coefficient (Wildman–Crippen LogP) is 3.45. The molecule has 0 aliphatic heterocycles. The number of hydrogen-bond donors (Lipinski definition) is 1. The third-order valence-electron chi connectivity index (χ3n) is 3.42. The van der Waals surface area contributed by atoms with Gasteiger partial charge in [0, 0.05) is 5.54 Å². The van der Waals surface area contributed by atoms with Crippen LogP contribution < -0.4 is 5.73 Å². The zero-order valence-electron chi connectivity index (χ0n) is 9.17. The molecule has 1 fully saturated rings. The van der Waals surface area contributed by atoms with E-state index in [4.69, 9.17) is 5.73 Å². The predicted molar refractivity (Wildman–Crippen MR) is 60.3 cm³/mol. The maximum atomic E-state index is 13.2. The zero-order chi connectivity index (χ0) is 10.9. The summed E-state index contributed by atoms with van der Waals surface area (Å²) in [5.41, 5.74) is 7.96. The number of rotatable bonds is 2. The van der Waals surface area contributed by atoms with Crippen LogP contribution >= 0.6 is 0 Å². The Hall–Kier alpha value is -0.890. The fourth-order valence-corrected chi connectivity index (χ4v) is 2.39. The molecule has 2 rings (SSSR count). The number of hydrogen-bond acceptors (Lipinski definition) is 1. The first-order valence-corrected chi connectivity index (χ1v) is 5.65. The van der Waals surface area contributed by atoms with Gasteiger partial charge in [0.2, 0.25) is 0 Å². The Kier molecular flexibility index (Phi) is 2.79. The number of halogens is 1. The smallest absolute Gasteiger partial charge is 0.122 e. The molecule has 1 aliphatic carbocycles. The van der Waals surface area contributed by atoms with E-state index in [-0.39, 0.29) is 5.54 Å². The molecule has 0 heterocycles. The average molecular weight is 207 g/mol. The molecule has 1 unspecified atom stereocenters. The van der Waals surface area contributed by atoms with Crippen LogP contribution in [-0.2, 0) is 5.54 Å². The molecular formula is C13H18FN. The molecule has 1 aliphatic rings. The molecule has 1 nitrogen and oxygen atoms in total. The first kappa shape index (κ1) is 10.6. The van der Waals surface area contributed by atoms with Gasteiger partial charge in [-0.15, -0.1) is 0 Å². The van der Waals surface area contributed by atoms with E-state index >= 15 is 0 Å². The van der Waals surface area contributed by atoms with Gasteiger partial charge < -0.3 is 5.73 Å². The fourth-order valence-electron chi connectivity index (χ4n) is 2.39. The summed E-state index contributed by atoms with van der Waals surface area (Å²) in [5.74, 6) is 0. The fraction of sp³-hybridized carbons (Fsp3) is 0.538. The Bertz CT molecular complexity index is 340. The highest BCUT2D eigenvalue weighted by Crippen LogP contribution is 2.37. The highest BCUT2D eigenvalue weighted by Gasteiger charge is 2.31. The van der Waals surface area contributed by atoms with E-state index in [9.17, 15) is 4.39 Å². The summed E-state index contributed by atoms with van der Waals surface area (Å²) in [7, 11) is 0. The Morgan fingerprint density at radius 2 is 2.00 bits per heavy atom. The molecule has 1 saturated carbocycles. The summed E-state index contributed by atoms with van der Waals surface area (Å²) in [5, 5.41) is 0. The third kappa shape index (κ3) is 2.05. The first-order chi connectivity index (χ1) is 7.12. The Labute approximate surface area is 90.5 Å². The van der Waals surface area contributed by atoms with Crippen LogP contribution in [0.25, 0.3) is 0 Å². The van der Waals surface area contributed by atoms with Crippen LogP contribution in [0.4, 0.5) is 4.39 Å². The van der Waals surface area contributed by atoms with Crippen molar-refractivity contribution in [2.24, 2.45) is 5.73 Å². The van der Waals surface area contributed by atoms with Gasteiger partial charge in [-0.05, 0) is 30.9 Å². The quantitative estimate of drug-likeness (QED) is 0.789. The van der Waals surface area contributed by atoms with Gasteiger partial charge in [0.1, 0.15) is 6.17 Å². The molecule has 2 heteroatoms. The normalized spacial score (nSPS) is 21.5. The van der Waals surface area contributed by atoms with E-state index in [1.807, 2.05) is 24.3 Å². The lowest BCUT2D eigenvalue weighted by molar-refractivity contribution is 0.372. The molecule has 1 atom stereocenters. The maximum Gasteiger partial charge on any atom is 0.122 e. The minimum atomic E-state index is -0.907. The monoisotopic (exact) mass is 207 g/mol. The summed E-state index contributed by atoms with van der Waals surface area (Å²) in [6, 6.07) is 7.69. The van der Waals surface area contributed by atoms with Gasteiger partial charge in [0.05, 0.1) is 0 Å². The molecule has 0 amide bonds. The second kappa shape index (κ2) is 3.93.